The molecule has 0 atom stereocenters. The van der Waals surface area contributed by atoms with Crippen LogP contribution in [0.1, 0.15) is 15.9 Å². The largest absolute Gasteiger partial charge is 0.506 e. The number of hydrogen-bond acceptors (Lipinski definition) is 5. The van der Waals surface area contributed by atoms with Crippen molar-refractivity contribution in [1.29, 1.82) is 0 Å². The molecule has 1 aromatic heterocycles. The Morgan fingerprint density at radius 1 is 1.14 bits per heavy atom. The molecule has 22 heavy (non-hydrogen) atoms. The number of methoxy groups -OCH3 is 1. The minimum atomic E-state index is -0.405. The number of phenolic OH excluding ortho intramolecular Hbond substituents is 2. The predicted molar refractivity (Wildman–Crippen MR) is 81.5 cm³/mol. The summed E-state index contributed by atoms with van der Waals surface area (Å²) in [6.45, 7) is 0. The van der Waals surface area contributed by atoms with E-state index in [1.807, 2.05) is 0 Å². The zero-order valence-electron chi connectivity index (χ0n) is 11.8. The maximum Gasteiger partial charge on any atom is 0.197 e. The average molecular weight is 295 g/mol. The van der Waals surface area contributed by atoms with Crippen molar-refractivity contribution in [2.75, 3.05) is 7.11 Å². The second-order valence-electron chi connectivity index (χ2n) is 4.75. The lowest BCUT2D eigenvalue weighted by Crippen LogP contribution is -2.02. The molecule has 0 saturated carbocycles. The van der Waals surface area contributed by atoms with E-state index in [-0.39, 0.29) is 22.6 Å². The van der Waals surface area contributed by atoms with E-state index in [4.69, 9.17) is 4.74 Å². The minimum absolute atomic E-state index is 0.0197. The van der Waals surface area contributed by atoms with Gasteiger partial charge in [0, 0.05) is 17.1 Å². The molecule has 0 aliphatic carbocycles. The van der Waals surface area contributed by atoms with Crippen LogP contribution >= 0.6 is 0 Å². The van der Waals surface area contributed by atoms with Crippen LogP contribution in [-0.4, -0.2) is 28.1 Å². The van der Waals surface area contributed by atoms with Crippen LogP contribution in [0.15, 0.2) is 48.7 Å². The molecule has 0 radical (unpaired) electrons. The van der Waals surface area contributed by atoms with Gasteiger partial charge < -0.3 is 14.9 Å². The SMILES string of the molecule is COc1cccc(C(=O)c2cc(O)c3ncccc3c2O)c1. The van der Waals surface area contributed by atoms with Gasteiger partial charge in [-0.2, -0.15) is 0 Å². The van der Waals surface area contributed by atoms with E-state index in [1.165, 1.54) is 19.4 Å². The third kappa shape index (κ3) is 2.22. The van der Waals surface area contributed by atoms with Gasteiger partial charge in [0.15, 0.2) is 5.78 Å². The Labute approximate surface area is 126 Å². The Morgan fingerprint density at radius 2 is 1.95 bits per heavy atom. The van der Waals surface area contributed by atoms with Crippen molar-refractivity contribution < 1.29 is 19.7 Å². The molecule has 110 valence electrons. The Bertz CT molecular complexity index is 874. The Balaban J connectivity index is 2.17. The summed E-state index contributed by atoms with van der Waals surface area (Å²) in [6, 6.07) is 11.1. The number of aromatic hydroxyl groups is 2. The number of phenols is 2. The normalized spacial score (nSPS) is 10.6. The number of hydrogen-bond donors (Lipinski definition) is 2. The van der Waals surface area contributed by atoms with Gasteiger partial charge in [-0.05, 0) is 30.3 Å². The first-order valence-corrected chi connectivity index (χ1v) is 6.60. The van der Waals surface area contributed by atoms with Gasteiger partial charge in [-0.3, -0.25) is 9.78 Å². The summed E-state index contributed by atoms with van der Waals surface area (Å²) in [4.78, 5) is 16.6. The van der Waals surface area contributed by atoms with Crippen LogP contribution in [0, 0.1) is 0 Å². The summed E-state index contributed by atoms with van der Waals surface area (Å²) in [7, 11) is 1.51. The van der Waals surface area contributed by atoms with Gasteiger partial charge in [-0.1, -0.05) is 12.1 Å². The maximum atomic E-state index is 12.6. The summed E-state index contributed by atoms with van der Waals surface area (Å²) in [5.41, 5.74) is 0.630. The van der Waals surface area contributed by atoms with Crippen molar-refractivity contribution in [3.63, 3.8) is 0 Å². The van der Waals surface area contributed by atoms with E-state index in [9.17, 15) is 15.0 Å². The van der Waals surface area contributed by atoms with E-state index in [0.717, 1.165) is 0 Å². The van der Waals surface area contributed by atoms with Crippen LogP contribution in [0.4, 0.5) is 0 Å². The second kappa shape index (κ2) is 5.37. The second-order valence-corrected chi connectivity index (χ2v) is 4.75. The van der Waals surface area contributed by atoms with E-state index < -0.39 is 5.78 Å². The summed E-state index contributed by atoms with van der Waals surface area (Å²) in [6.07, 6.45) is 1.51. The predicted octanol–water partition coefficient (Wildman–Crippen LogP) is 2.89. The molecule has 2 aromatic carbocycles. The highest BCUT2D eigenvalue weighted by Gasteiger charge is 2.19. The van der Waals surface area contributed by atoms with E-state index in [0.29, 0.717) is 16.7 Å². The molecule has 0 saturated heterocycles. The number of carbonyl (C=O) groups is 1. The third-order valence-electron chi connectivity index (χ3n) is 3.42. The third-order valence-corrected chi connectivity index (χ3v) is 3.42. The highest BCUT2D eigenvalue weighted by atomic mass is 16.5. The molecule has 5 nitrogen and oxygen atoms in total. The van der Waals surface area contributed by atoms with Gasteiger partial charge in [0.25, 0.3) is 0 Å². The molecule has 3 aromatic rings. The molecule has 0 spiro atoms. The Kier molecular flexibility index (Phi) is 3.39. The molecule has 3 rings (SSSR count). The van der Waals surface area contributed by atoms with Gasteiger partial charge in [-0.15, -0.1) is 0 Å². The van der Waals surface area contributed by atoms with Crippen LogP contribution in [0.5, 0.6) is 17.2 Å². The molecule has 0 fully saturated rings. The number of rotatable bonds is 3. The van der Waals surface area contributed by atoms with E-state index >= 15 is 0 Å². The molecule has 1 heterocycles. The monoisotopic (exact) mass is 295 g/mol. The van der Waals surface area contributed by atoms with Gasteiger partial charge in [0.1, 0.15) is 22.8 Å². The van der Waals surface area contributed by atoms with Crippen molar-refractivity contribution in [2.24, 2.45) is 0 Å². The molecule has 2 N–H and O–H groups in total. The Hall–Kier alpha value is -3.08. The molecular weight excluding hydrogens is 282 g/mol. The maximum absolute atomic E-state index is 12.6. The molecule has 0 aliphatic rings. The lowest BCUT2D eigenvalue weighted by molar-refractivity contribution is 0.103. The molecular formula is C17H13NO4. The first-order valence-electron chi connectivity index (χ1n) is 6.60. The van der Waals surface area contributed by atoms with Crippen molar-refractivity contribution in [3.05, 3.63) is 59.8 Å². The fraction of sp³-hybridized carbons (Fsp3) is 0.0588. The van der Waals surface area contributed by atoms with Gasteiger partial charge in [-0.25, -0.2) is 0 Å². The van der Waals surface area contributed by atoms with Crippen LogP contribution in [0.3, 0.4) is 0 Å². The lowest BCUT2D eigenvalue weighted by atomic mass is 9.99. The Morgan fingerprint density at radius 3 is 2.73 bits per heavy atom. The lowest BCUT2D eigenvalue weighted by Gasteiger charge is -2.09. The highest BCUT2D eigenvalue weighted by Crippen LogP contribution is 2.35. The number of ether oxygens (including phenoxy) is 1. The summed E-state index contributed by atoms with van der Waals surface area (Å²) >= 11 is 0. The number of aromatic nitrogens is 1. The summed E-state index contributed by atoms with van der Waals surface area (Å²) in [5, 5.41) is 20.7. The number of benzene rings is 2. The summed E-state index contributed by atoms with van der Waals surface area (Å²) < 4.78 is 5.09. The zero-order valence-corrected chi connectivity index (χ0v) is 11.8. The van der Waals surface area contributed by atoms with Crippen molar-refractivity contribution in [2.45, 2.75) is 0 Å². The number of fused-ring (bicyclic) bond motifs is 1. The fourth-order valence-corrected chi connectivity index (χ4v) is 2.31. The smallest absolute Gasteiger partial charge is 0.197 e. The number of pyridine rings is 1. The van der Waals surface area contributed by atoms with E-state index in [1.54, 1.807) is 36.4 Å². The standard InChI is InChI=1S/C17H13NO4/c1-22-11-5-2-4-10(8-11)16(20)13-9-14(19)15-12(17(13)21)6-3-7-18-15/h2-9,19,21H,1H3. The molecule has 0 amide bonds. The average Bonchev–Trinajstić information content (AvgIpc) is 2.57. The zero-order chi connectivity index (χ0) is 15.7. The number of ketones is 1. The van der Waals surface area contributed by atoms with Crippen molar-refractivity contribution >= 4 is 16.7 Å². The van der Waals surface area contributed by atoms with Crippen LogP contribution in [0.2, 0.25) is 0 Å². The number of nitrogens with zero attached hydrogens (tertiary/aromatic N) is 1. The first kappa shape index (κ1) is 13.9. The van der Waals surface area contributed by atoms with Gasteiger partial charge in [0.2, 0.25) is 0 Å². The van der Waals surface area contributed by atoms with Crippen LogP contribution < -0.4 is 4.74 Å². The molecule has 0 unspecified atom stereocenters. The molecule has 5 heteroatoms. The van der Waals surface area contributed by atoms with Crippen molar-refractivity contribution in [1.82, 2.24) is 4.98 Å². The topological polar surface area (TPSA) is 79.7 Å². The van der Waals surface area contributed by atoms with Gasteiger partial charge in [0.05, 0.1) is 12.7 Å². The molecule has 0 bridgehead atoms. The molecule has 0 aliphatic heterocycles. The quantitative estimate of drug-likeness (QED) is 0.573. The van der Waals surface area contributed by atoms with Crippen molar-refractivity contribution in [3.8, 4) is 17.2 Å². The highest BCUT2D eigenvalue weighted by molar-refractivity contribution is 6.14. The fourth-order valence-electron chi connectivity index (χ4n) is 2.31. The summed E-state index contributed by atoms with van der Waals surface area (Å²) in [5.74, 6) is -0.220. The van der Waals surface area contributed by atoms with Gasteiger partial charge >= 0.3 is 0 Å². The van der Waals surface area contributed by atoms with E-state index in [2.05, 4.69) is 4.98 Å². The van der Waals surface area contributed by atoms with Crippen LogP contribution in [-0.2, 0) is 0 Å². The minimum Gasteiger partial charge on any atom is -0.506 e. The van der Waals surface area contributed by atoms with Crippen LogP contribution in [0.25, 0.3) is 10.9 Å². The number of carbonyl (C=O) groups excluding carboxylic acids is 1. The first-order chi connectivity index (χ1) is 10.6.